The van der Waals surface area contributed by atoms with Gasteiger partial charge in [-0.3, -0.25) is 0 Å². The van der Waals surface area contributed by atoms with Gasteiger partial charge in [-0.2, -0.15) is 0 Å². The Labute approximate surface area is 298 Å². The van der Waals surface area contributed by atoms with E-state index < -0.39 is 0 Å². The first kappa shape index (κ1) is 28.7. The molecule has 0 saturated carbocycles. The van der Waals surface area contributed by atoms with Crippen molar-refractivity contribution in [1.82, 2.24) is 19.5 Å². The Morgan fingerprint density at radius 3 is 1.71 bits per heavy atom. The fourth-order valence-corrected chi connectivity index (χ4v) is 7.73. The van der Waals surface area contributed by atoms with Gasteiger partial charge < -0.3 is 8.98 Å². The molecule has 11 rings (SSSR count). The number of nitrogens with zero attached hydrogens (tertiary/aromatic N) is 4. The molecule has 52 heavy (non-hydrogen) atoms. The topological polar surface area (TPSA) is 56.7 Å². The first-order valence-electron chi connectivity index (χ1n) is 17.4. The van der Waals surface area contributed by atoms with E-state index in [-0.39, 0.29) is 0 Å². The van der Waals surface area contributed by atoms with Gasteiger partial charge in [-0.1, -0.05) is 121 Å². The molecule has 0 atom stereocenters. The quantitative estimate of drug-likeness (QED) is 0.188. The van der Waals surface area contributed by atoms with Crippen LogP contribution in [0.3, 0.4) is 0 Å². The van der Waals surface area contributed by atoms with Crippen molar-refractivity contribution in [3.63, 3.8) is 0 Å². The summed E-state index contributed by atoms with van der Waals surface area (Å²) in [6.45, 7) is 0. The molecule has 0 saturated heterocycles. The number of hydrogen-bond donors (Lipinski definition) is 0. The smallest absolute Gasteiger partial charge is 0.167 e. The first-order valence-corrected chi connectivity index (χ1v) is 17.4. The fraction of sp³-hybridized carbons (Fsp3) is 0. The van der Waals surface area contributed by atoms with Crippen LogP contribution >= 0.6 is 0 Å². The Hall–Kier alpha value is -7.11. The summed E-state index contributed by atoms with van der Waals surface area (Å²) in [4.78, 5) is 15.5. The van der Waals surface area contributed by atoms with Crippen LogP contribution in [0, 0.1) is 0 Å². The lowest BCUT2D eigenvalue weighted by molar-refractivity contribution is 0.670. The molecule has 0 aliphatic rings. The Bertz CT molecular complexity index is 3150. The van der Waals surface area contributed by atoms with E-state index in [1.54, 1.807) is 0 Å². The van der Waals surface area contributed by atoms with Crippen LogP contribution in [-0.2, 0) is 0 Å². The van der Waals surface area contributed by atoms with Gasteiger partial charge in [-0.05, 0) is 70.1 Å². The third-order valence-electron chi connectivity index (χ3n) is 10.2. The van der Waals surface area contributed by atoms with Gasteiger partial charge in [0.05, 0.1) is 16.6 Å². The molecule has 8 aromatic carbocycles. The van der Waals surface area contributed by atoms with Gasteiger partial charge >= 0.3 is 0 Å². The highest BCUT2D eigenvalue weighted by atomic mass is 16.3. The minimum Gasteiger partial charge on any atom is -0.455 e. The van der Waals surface area contributed by atoms with E-state index in [4.69, 9.17) is 19.4 Å². The molecule has 3 aromatic heterocycles. The van der Waals surface area contributed by atoms with Crippen LogP contribution in [0.5, 0.6) is 0 Å². The maximum absolute atomic E-state index is 6.64. The standard InChI is InChI=1S/C47H28N4O/c1-2-12-30-25-34(24-23-29(30)11-1)46-48-45(33-15-9-16-35(26-33)51-41-21-7-5-17-36(41)37-18-6-8-22-42(37)51)49-47(50-46)39-20-10-19-38-40-27-31-13-3-4-14-32(31)28-43(40)52-44(38)39/h1-28H. The van der Waals surface area contributed by atoms with E-state index in [1.165, 1.54) is 21.5 Å². The van der Waals surface area contributed by atoms with E-state index in [9.17, 15) is 0 Å². The second-order valence-corrected chi connectivity index (χ2v) is 13.3. The molecular formula is C47H28N4O. The maximum atomic E-state index is 6.64. The molecule has 3 heterocycles. The molecule has 0 radical (unpaired) electrons. The van der Waals surface area contributed by atoms with Crippen LogP contribution in [0.4, 0.5) is 0 Å². The van der Waals surface area contributed by atoms with Crippen molar-refractivity contribution in [2.45, 2.75) is 0 Å². The average molecular weight is 665 g/mol. The van der Waals surface area contributed by atoms with Crippen LogP contribution in [-0.4, -0.2) is 19.5 Å². The van der Waals surface area contributed by atoms with E-state index in [1.807, 2.05) is 6.07 Å². The van der Waals surface area contributed by atoms with Gasteiger partial charge in [0.15, 0.2) is 17.5 Å². The largest absolute Gasteiger partial charge is 0.455 e. The molecule has 11 aromatic rings. The zero-order valence-electron chi connectivity index (χ0n) is 27.9. The number of aromatic nitrogens is 4. The van der Waals surface area contributed by atoms with Gasteiger partial charge in [0.2, 0.25) is 0 Å². The van der Waals surface area contributed by atoms with Crippen molar-refractivity contribution < 1.29 is 4.42 Å². The van der Waals surface area contributed by atoms with E-state index >= 15 is 0 Å². The Morgan fingerprint density at radius 1 is 0.385 bits per heavy atom. The fourth-order valence-electron chi connectivity index (χ4n) is 7.73. The molecule has 0 fully saturated rings. The highest BCUT2D eigenvalue weighted by Gasteiger charge is 2.19. The number of benzene rings is 8. The van der Waals surface area contributed by atoms with Crippen molar-refractivity contribution in [3.8, 4) is 39.9 Å². The van der Waals surface area contributed by atoms with Crippen molar-refractivity contribution in [3.05, 3.63) is 170 Å². The number of rotatable bonds is 4. The van der Waals surface area contributed by atoms with Gasteiger partial charge in [0.1, 0.15) is 11.2 Å². The Morgan fingerprint density at radius 2 is 0.962 bits per heavy atom. The lowest BCUT2D eigenvalue weighted by atomic mass is 10.0. The molecule has 5 nitrogen and oxygen atoms in total. The summed E-state index contributed by atoms with van der Waals surface area (Å²) in [6.07, 6.45) is 0. The molecule has 242 valence electrons. The lowest BCUT2D eigenvalue weighted by Gasteiger charge is -2.12. The van der Waals surface area contributed by atoms with Crippen LogP contribution < -0.4 is 0 Å². The van der Waals surface area contributed by atoms with Crippen molar-refractivity contribution >= 4 is 65.3 Å². The summed E-state index contributed by atoms with van der Waals surface area (Å²) in [5.74, 6) is 1.76. The van der Waals surface area contributed by atoms with Crippen LogP contribution in [0.1, 0.15) is 0 Å². The van der Waals surface area contributed by atoms with Gasteiger partial charge in [-0.15, -0.1) is 0 Å². The summed E-state index contributed by atoms with van der Waals surface area (Å²) >= 11 is 0. The minimum atomic E-state index is 0.560. The molecule has 0 aliphatic heterocycles. The van der Waals surface area contributed by atoms with Gasteiger partial charge in [0, 0.05) is 38.4 Å². The third-order valence-corrected chi connectivity index (χ3v) is 10.2. The molecular weight excluding hydrogens is 637 g/mol. The molecule has 0 N–H and O–H groups in total. The number of para-hydroxylation sites is 3. The normalized spacial score (nSPS) is 11.8. The second kappa shape index (κ2) is 11.2. The van der Waals surface area contributed by atoms with Gasteiger partial charge in [-0.25, -0.2) is 15.0 Å². The van der Waals surface area contributed by atoms with Crippen LogP contribution in [0.2, 0.25) is 0 Å². The summed E-state index contributed by atoms with van der Waals surface area (Å²) in [7, 11) is 0. The SMILES string of the molecule is c1cc(-c2nc(-c3ccc4ccccc4c3)nc(-c3cccc4c3oc3cc5ccccc5cc34)n2)cc(-n2c3ccccc3c3ccccc32)c1. The summed E-state index contributed by atoms with van der Waals surface area (Å²) < 4.78 is 8.96. The molecule has 0 bridgehead atoms. The number of fused-ring (bicyclic) bond motifs is 8. The van der Waals surface area contributed by atoms with Crippen molar-refractivity contribution in [2.75, 3.05) is 0 Å². The molecule has 0 amide bonds. The molecule has 0 aliphatic carbocycles. The number of hydrogen-bond acceptors (Lipinski definition) is 4. The van der Waals surface area contributed by atoms with E-state index in [2.05, 4.69) is 168 Å². The summed E-state index contributed by atoms with van der Waals surface area (Å²) in [5, 5.41) is 9.14. The predicted molar refractivity (Wildman–Crippen MR) is 213 cm³/mol. The summed E-state index contributed by atoms with van der Waals surface area (Å²) in [5.41, 5.74) is 7.57. The van der Waals surface area contributed by atoms with Crippen LogP contribution in [0.15, 0.2) is 174 Å². The monoisotopic (exact) mass is 664 g/mol. The predicted octanol–water partition coefficient (Wildman–Crippen LogP) is 12.2. The Balaban J connectivity index is 1.14. The zero-order valence-corrected chi connectivity index (χ0v) is 27.9. The van der Waals surface area contributed by atoms with E-state index in [0.717, 1.165) is 66.1 Å². The number of furan rings is 1. The third kappa shape index (κ3) is 4.46. The van der Waals surface area contributed by atoms with Crippen molar-refractivity contribution in [1.29, 1.82) is 0 Å². The summed E-state index contributed by atoms with van der Waals surface area (Å²) in [6, 6.07) is 59.2. The van der Waals surface area contributed by atoms with Crippen LogP contribution in [0.25, 0.3) is 105 Å². The van der Waals surface area contributed by atoms with Crippen molar-refractivity contribution in [2.24, 2.45) is 0 Å². The zero-order chi connectivity index (χ0) is 34.2. The maximum Gasteiger partial charge on any atom is 0.167 e. The second-order valence-electron chi connectivity index (χ2n) is 13.3. The van der Waals surface area contributed by atoms with E-state index in [0.29, 0.717) is 17.5 Å². The molecule has 0 spiro atoms. The minimum absolute atomic E-state index is 0.560. The highest BCUT2D eigenvalue weighted by Crippen LogP contribution is 2.38. The Kier molecular flexibility index (Phi) is 6.18. The first-order chi connectivity index (χ1) is 25.7. The lowest BCUT2D eigenvalue weighted by Crippen LogP contribution is -2.01. The molecule has 5 heteroatoms. The van der Waals surface area contributed by atoms with Gasteiger partial charge in [0.25, 0.3) is 0 Å². The molecule has 0 unspecified atom stereocenters. The average Bonchev–Trinajstić information content (AvgIpc) is 3.75. The highest BCUT2D eigenvalue weighted by molar-refractivity contribution is 6.13.